The Bertz CT molecular complexity index is 357. The summed E-state index contributed by atoms with van der Waals surface area (Å²) in [6.45, 7) is 1.72. The Balaban J connectivity index is 2.34. The molecule has 5 heteroatoms. The summed E-state index contributed by atoms with van der Waals surface area (Å²) in [5.41, 5.74) is 7.17. The molecule has 4 nitrogen and oxygen atoms in total. The Hall–Kier alpha value is -1.20. The Morgan fingerprint density at radius 2 is 2.29 bits per heavy atom. The lowest BCUT2D eigenvalue weighted by Crippen LogP contribution is -2.15. The van der Waals surface area contributed by atoms with E-state index in [1.807, 2.05) is 12.1 Å². The third-order valence-corrected chi connectivity index (χ3v) is 2.58. The van der Waals surface area contributed by atoms with Gasteiger partial charge in [0, 0.05) is 26.5 Å². The second kappa shape index (κ2) is 7.97. The second-order valence-electron chi connectivity index (χ2n) is 3.74. The van der Waals surface area contributed by atoms with Gasteiger partial charge in [-0.1, -0.05) is 12.2 Å². The zero-order chi connectivity index (χ0) is 12.5. The lowest BCUT2D eigenvalue weighted by Gasteiger charge is -2.09. The molecule has 0 bridgehead atoms. The molecular weight excluding hydrogens is 234 g/mol. The largest absolute Gasteiger partial charge is 0.388 e. The predicted octanol–water partition coefficient (Wildman–Crippen LogP) is 1.94. The average Bonchev–Trinajstić information content (AvgIpc) is 2.34. The first-order valence-corrected chi connectivity index (χ1v) is 6.14. The number of unbranched alkanes of at least 4 members (excludes halogenated alkanes) is 2. The van der Waals surface area contributed by atoms with E-state index in [0.717, 1.165) is 38.1 Å². The Morgan fingerprint density at radius 3 is 3.00 bits per heavy atom. The summed E-state index contributed by atoms with van der Waals surface area (Å²) in [6.07, 6.45) is 5.02. The van der Waals surface area contributed by atoms with E-state index in [1.54, 1.807) is 13.3 Å². The third-order valence-electron chi connectivity index (χ3n) is 2.38. The van der Waals surface area contributed by atoms with E-state index in [9.17, 15) is 0 Å². The summed E-state index contributed by atoms with van der Waals surface area (Å²) >= 11 is 4.94. The van der Waals surface area contributed by atoms with Gasteiger partial charge in [-0.25, -0.2) is 0 Å². The van der Waals surface area contributed by atoms with Crippen LogP contribution in [-0.2, 0) is 4.74 Å². The Kier molecular flexibility index (Phi) is 6.50. The molecule has 1 rings (SSSR count). The molecule has 94 valence electrons. The van der Waals surface area contributed by atoms with E-state index >= 15 is 0 Å². The number of rotatable bonds is 8. The van der Waals surface area contributed by atoms with Gasteiger partial charge in [0.25, 0.3) is 0 Å². The van der Waals surface area contributed by atoms with Crippen LogP contribution in [0.5, 0.6) is 0 Å². The van der Waals surface area contributed by atoms with Gasteiger partial charge in [-0.15, -0.1) is 0 Å². The Morgan fingerprint density at radius 1 is 1.47 bits per heavy atom. The summed E-state index contributed by atoms with van der Waals surface area (Å²) in [5.74, 6) is 0. The summed E-state index contributed by atoms with van der Waals surface area (Å²) in [5, 5.41) is 3.30. The maximum atomic E-state index is 5.60. The molecule has 0 atom stereocenters. The molecule has 1 aromatic heterocycles. The van der Waals surface area contributed by atoms with E-state index in [2.05, 4.69) is 10.3 Å². The lowest BCUT2D eigenvalue weighted by molar-refractivity contribution is 0.192. The van der Waals surface area contributed by atoms with Crippen molar-refractivity contribution in [1.29, 1.82) is 0 Å². The fourth-order valence-electron chi connectivity index (χ4n) is 1.52. The third kappa shape index (κ3) is 5.10. The quantitative estimate of drug-likeness (QED) is 0.548. The number of nitrogens with two attached hydrogens (primary N) is 1. The number of pyridine rings is 1. The highest BCUT2D eigenvalue weighted by atomic mass is 32.1. The highest BCUT2D eigenvalue weighted by Crippen LogP contribution is 2.12. The number of anilines is 1. The fraction of sp³-hybridized carbons (Fsp3) is 0.500. The van der Waals surface area contributed by atoms with Gasteiger partial charge in [-0.3, -0.25) is 4.98 Å². The molecule has 0 aliphatic carbocycles. The number of nitrogens with zero attached hydrogens (tertiary/aromatic N) is 1. The van der Waals surface area contributed by atoms with Gasteiger partial charge in [-0.05, 0) is 31.4 Å². The van der Waals surface area contributed by atoms with Crippen LogP contribution in [-0.4, -0.2) is 30.2 Å². The summed E-state index contributed by atoms with van der Waals surface area (Å²) in [6, 6.07) is 3.81. The highest BCUT2D eigenvalue weighted by Gasteiger charge is 2.04. The number of methoxy groups -OCH3 is 1. The number of thiocarbonyl (C=S) groups is 1. The van der Waals surface area contributed by atoms with E-state index in [1.165, 1.54) is 0 Å². The molecule has 0 aliphatic rings. The molecule has 17 heavy (non-hydrogen) atoms. The minimum Gasteiger partial charge on any atom is -0.388 e. The lowest BCUT2D eigenvalue weighted by atomic mass is 10.2. The van der Waals surface area contributed by atoms with E-state index in [0.29, 0.717) is 10.7 Å². The molecule has 0 spiro atoms. The van der Waals surface area contributed by atoms with Crippen molar-refractivity contribution in [3.63, 3.8) is 0 Å². The molecule has 1 aromatic rings. The van der Waals surface area contributed by atoms with Gasteiger partial charge < -0.3 is 15.8 Å². The van der Waals surface area contributed by atoms with Crippen LogP contribution in [0.3, 0.4) is 0 Å². The zero-order valence-electron chi connectivity index (χ0n) is 10.1. The van der Waals surface area contributed by atoms with Crippen molar-refractivity contribution in [2.45, 2.75) is 19.3 Å². The van der Waals surface area contributed by atoms with Crippen molar-refractivity contribution in [3.05, 3.63) is 24.0 Å². The summed E-state index contributed by atoms with van der Waals surface area (Å²) < 4.78 is 4.99. The average molecular weight is 253 g/mol. The molecule has 0 aromatic carbocycles. The number of hydrogen-bond donors (Lipinski definition) is 2. The molecule has 0 saturated carbocycles. The maximum absolute atomic E-state index is 5.60. The minimum absolute atomic E-state index is 0.326. The van der Waals surface area contributed by atoms with Crippen LogP contribution in [0, 0.1) is 0 Å². The molecule has 0 saturated heterocycles. The summed E-state index contributed by atoms with van der Waals surface area (Å²) in [7, 11) is 1.72. The van der Waals surface area contributed by atoms with Gasteiger partial charge in [0.05, 0.1) is 5.69 Å². The SMILES string of the molecule is COCCCCCNc1cccnc1C(N)=S. The highest BCUT2D eigenvalue weighted by molar-refractivity contribution is 7.80. The zero-order valence-corrected chi connectivity index (χ0v) is 10.9. The molecule has 1 heterocycles. The number of hydrogen-bond acceptors (Lipinski definition) is 4. The van der Waals surface area contributed by atoms with Gasteiger partial charge in [0.2, 0.25) is 0 Å². The first-order valence-electron chi connectivity index (χ1n) is 5.73. The van der Waals surface area contributed by atoms with Crippen LogP contribution in [0.1, 0.15) is 25.0 Å². The van der Waals surface area contributed by atoms with Crippen molar-refractivity contribution >= 4 is 22.9 Å². The van der Waals surface area contributed by atoms with Gasteiger partial charge in [0.1, 0.15) is 10.7 Å². The van der Waals surface area contributed by atoms with Crippen molar-refractivity contribution in [2.24, 2.45) is 5.73 Å². The van der Waals surface area contributed by atoms with Crippen LogP contribution in [0.25, 0.3) is 0 Å². The van der Waals surface area contributed by atoms with Crippen molar-refractivity contribution in [1.82, 2.24) is 4.98 Å². The van der Waals surface area contributed by atoms with Crippen LogP contribution in [0.2, 0.25) is 0 Å². The molecular formula is C12H19N3OS. The first-order chi connectivity index (χ1) is 8.25. The van der Waals surface area contributed by atoms with Gasteiger partial charge in [-0.2, -0.15) is 0 Å². The van der Waals surface area contributed by atoms with Crippen molar-refractivity contribution in [3.8, 4) is 0 Å². The second-order valence-corrected chi connectivity index (χ2v) is 4.18. The smallest absolute Gasteiger partial charge is 0.124 e. The molecule has 0 radical (unpaired) electrons. The summed E-state index contributed by atoms with van der Waals surface area (Å²) in [4.78, 5) is 4.48. The van der Waals surface area contributed by atoms with Crippen LogP contribution < -0.4 is 11.1 Å². The van der Waals surface area contributed by atoms with E-state index in [-0.39, 0.29) is 0 Å². The first kappa shape index (κ1) is 13.9. The topological polar surface area (TPSA) is 60.2 Å². The molecule has 0 unspecified atom stereocenters. The number of aromatic nitrogens is 1. The molecule has 0 amide bonds. The van der Waals surface area contributed by atoms with Gasteiger partial charge in [0.15, 0.2) is 0 Å². The number of nitrogens with one attached hydrogen (secondary N) is 1. The Labute approximate surface area is 108 Å². The van der Waals surface area contributed by atoms with Crippen LogP contribution >= 0.6 is 12.2 Å². The van der Waals surface area contributed by atoms with Crippen molar-refractivity contribution in [2.75, 3.05) is 25.6 Å². The predicted molar refractivity (Wildman–Crippen MR) is 74.3 cm³/mol. The normalized spacial score (nSPS) is 10.2. The molecule has 3 N–H and O–H groups in total. The fourth-order valence-corrected chi connectivity index (χ4v) is 1.68. The van der Waals surface area contributed by atoms with Crippen LogP contribution in [0.15, 0.2) is 18.3 Å². The molecule has 0 aliphatic heterocycles. The number of ether oxygens (including phenoxy) is 1. The van der Waals surface area contributed by atoms with E-state index in [4.69, 9.17) is 22.7 Å². The van der Waals surface area contributed by atoms with E-state index < -0.39 is 0 Å². The standard InChI is InChI=1S/C12H19N3OS/c1-16-9-4-2-3-7-14-10-6-5-8-15-11(10)12(13)17/h5-6,8,14H,2-4,7,9H2,1H3,(H2,13,17). The van der Waals surface area contributed by atoms with Crippen LogP contribution in [0.4, 0.5) is 5.69 Å². The monoisotopic (exact) mass is 253 g/mol. The van der Waals surface area contributed by atoms with Crippen molar-refractivity contribution < 1.29 is 4.74 Å². The van der Waals surface area contributed by atoms with Gasteiger partial charge >= 0.3 is 0 Å². The minimum atomic E-state index is 0.326. The maximum Gasteiger partial charge on any atom is 0.124 e. The molecule has 0 fully saturated rings.